The number of amides is 1. The quantitative estimate of drug-likeness (QED) is 0.198. The van der Waals surface area contributed by atoms with Gasteiger partial charge in [-0.25, -0.2) is 19.2 Å². The van der Waals surface area contributed by atoms with Crippen LogP contribution in [0.5, 0.6) is 0 Å². The van der Waals surface area contributed by atoms with E-state index in [0.717, 1.165) is 65.2 Å². The van der Waals surface area contributed by atoms with Gasteiger partial charge in [-0.05, 0) is 62.7 Å². The Hall–Kier alpha value is -4.43. The molecule has 252 valence electrons. The van der Waals surface area contributed by atoms with E-state index in [9.17, 15) is 14.0 Å². The molecule has 6 rings (SSSR count). The standard InChI is InChI=1S/C34H39ClFN9O3/c35-28-5-2-1-4-27(28)31(33(46)41-25-8-6-24(36)7-9-25)48-34(47)30-32(37)39-21-29(42-30)23-20-40-45(22-23)26-10-16-43(17-11-26)14-3-15-44-18-12-38-13-19-44/h1-2,4-9,20-22,26,31,38H,3,10-19H2,(H2,37,39)(H,41,46)/t31-/m1/s1. The summed E-state index contributed by atoms with van der Waals surface area (Å²) in [5.74, 6) is -2.27. The molecule has 2 fully saturated rings. The van der Waals surface area contributed by atoms with Crippen molar-refractivity contribution in [1.29, 1.82) is 0 Å². The first-order valence-electron chi connectivity index (χ1n) is 16.2. The van der Waals surface area contributed by atoms with Crippen LogP contribution in [0.2, 0.25) is 5.02 Å². The van der Waals surface area contributed by atoms with Gasteiger partial charge in [-0.2, -0.15) is 5.10 Å². The summed E-state index contributed by atoms with van der Waals surface area (Å²) in [6.07, 6.45) is 6.76. The van der Waals surface area contributed by atoms with E-state index in [0.29, 0.717) is 16.9 Å². The van der Waals surface area contributed by atoms with Gasteiger partial charge in [0.15, 0.2) is 11.5 Å². The van der Waals surface area contributed by atoms with Crippen LogP contribution in [0.4, 0.5) is 15.9 Å². The van der Waals surface area contributed by atoms with Gasteiger partial charge in [-0.15, -0.1) is 0 Å². The molecule has 4 aromatic rings. The third-order valence-electron chi connectivity index (χ3n) is 8.74. The maximum Gasteiger partial charge on any atom is 0.361 e. The summed E-state index contributed by atoms with van der Waals surface area (Å²) in [4.78, 5) is 40.6. The zero-order valence-corrected chi connectivity index (χ0v) is 27.3. The topological polar surface area (TPSA) is 144 Å². The Morgan fingerprint density at radius 1 is 1.02 bits per heavy atom. The third-order valence-corrected chi connectivity index (χ3v) is 9.09. The van der Waals surface area contributed by atoms with Crippen LogP contribution in [0.1, 0.15) is 47.5 Å². The molecule has 4 heterocycles. The van der Waals surface area contributed by atoms with Crippen LogP contribution in [0.3, 0.4) is 0 Å². The number of piperazine rings is 1. The fraction of sp³-hybridized carbons (Fsp3) is 0.382. The van der Waals surface area contributed by atoms with Crippen LogP contribution in [0, 0.1) is 5.82 Å². The molecule has 0 spiro atoms. The number of piperidine rings is 1. The minimum absolute atomic E-state index is 0.155. The highest BCUT2D eigenvalue weighted by molar-refractivity contribution is 6.31. The lowest BCUT2D eigenvalue weighted by atomic mass is 10.1. The van der Waals surface area contributed by atoms with E-state index in [4.69, 9.17) is 22.1 Å². The Morgan fingerprint density at radius 3 is 2.46 bits per heavy atom. The van der Waals surface area contributed by atoms with Gasteiger partial charge in [0.05, 0.1) is 24.1 Å². The first kappa shape index (κ1) is 33.5. The number of benzene rings is 2. The number of esters is 1. The summed E-state index contributed by atoms with van der Waals surface area (Å²) >= 11 is 6.39. The van der Waals surface area contributed by atoms with E-state index in [-0.39, 0.29) is 28.1 Å². The molecule has 0 bridgehead atoms. The van der Waals surface area contributed by atoms with Gasteiger partial charge in [-0.1, -0.05) is 29.8 Å². The molecule has 1 amide bonds. The average Bonchev–Trinajstić information content (AvgIpc) is 3.60. The number of rotatable bonds is 11. The maximum atomic E-state index is 13.5. The highest BCUT2D eigenvalue weighted by Crippen LogP contribution is 2.30. The number of likely N-dealkylation sites (tertiary alicyclic amines) is 1. The Morgan fingerprint density at radius 2 is 1.73 bits per heavy atom. The monoisotopic (exact) mass is 675 g/mol. The van der Waals surface area contributed by atoms with Gasteiger partial charge in [0.1, 0.15) is 5.82 Å². The summed E-state index contributed by atoms with van der Waals surface area (Å²) < 4.78 is 21.1. The molecule has 0 saturated carbocycles. The molecule has 1 atom stereocenters. The maximum absolute atomic E-state index is 13.5. The molecular weight excluding hydrogens is 637 g/mol. The molecule has 2 saturated heterocycles. The van der Waals surface area contributed by atoms with Crippen LogP contribution in [0.15, 0.2) is 67.1 Å². The summed E-state index contributed by atoms with van der Waals surface area (Å²) in [7, 11) is 0. The van der Waals surface area contributed by atoms with Crippen molar-refractivity contribution in [2.45, 2.75) is 31.4 Å². The van der Waals surface area contributed by atoms with Crippen molar-refractivity contribution in [1.82, 2.24) is 34.9 Å². The number of halogens is 2. The molecule has 4 N–H and O–H groups in total. The lowest BCUT2D eigenvalue weighted by Crippen LogP contribution is -2.44. The first-order chi connectivity index (χ1) is 23.3. The minimum Gasteiger partial charge on any atom is -0.442 e. The van der Waals surface area contributed by atoms with Crippen molar-refractivity contribution < 1.29 is 18.7 Å². The van der Waals surface area contributed by atoms with Crippen molar-refractivity contribution in [2.75, 3.05) is 63.4 Å². The highest BCUT2D eigenvalue weighted by Gasteiger charge is 2.30. The smallest absolute Gasteiger partial charge is 0.361 e. The van der Waals surface area contributed by atoms with E-state index < -0.39 is 23.8 Å². The normalized spacial score (nSPS) is 16.8. The number of nitrogens with two attached hydrogens (primary N) is 1. The fourth-order valence-electron chi connectivity index (χ4n) is 6.07. The van der Waals surface area contributed by atoms with Crippen molar-refractivity contribution in [3.63, 3.8) is 0 Å². The summed E-state index contributed by atoms with van der Waals surface area (Å²) in [5, 5.41) is 10.9. The molecular formula is C34H39ClFN9O3. The highest BCUT2D eigenvalue weighted by atomic mass is 35.5. The molecule has 14 heteroatoms. The first-order valence-corrected chi connectivity index (χ1v) is 16.6. The average molecular weight is 676 g/mol. The Balaban J connectivity index is 1.10. The number of ether oxygens (including phenoxy) is 1. The van der Waals surface area contributed by atoms with Gasteiger partial charge in [0.25, 0.3) is 5.91 Å². The van der Waals surface area contributed by atoms with Crippen LogP contribution < -0.4 is 16.4 Å². The van der Waals surface area contributed by atoms with E-state index in [1.807, 2.05) is 10.9 Å². The lowest BCUT2D eigenvalue weighted by Gasteiger charge is -2.33. The van der Waals surface area contributed by atoms with Gasteiger partial charge >= 0.3 is 5.97 Å². The van der Waals surface area contributed by atoms with Crippen molar-refractivity contribution in [3.05, 3.63) is 89.2 Å². The number of aromatic nitrogens is 4. The van der Waals surface area contributed by atoms with Gasteiger partial charge in [-0.3, -0.25) is 9.48 Å². The predicted octanol–water partition coefficient (Wildman–Crippen LogP) is 4.18. The molecule has 0 aliphatic carbocycles. The summed E-state index contributed by atoms with van der Waals surface area (Å²) in [6, 6.07) is 12.0. The number of hydrogen-bond acceptors (Lipinski definition) is 10. The second-order valence-corrected chi connectivity index (χ2v) is 12.4. The molecule has 2 aromatic carbocycles. The molecule has 2 aliphatic heterocycles. The van der Waals surface area contributed by atoms with Gasteiger partial charge in [0, 0.05) is 67.3 Å². The Labute approximate surface area is 283 Å². The number of hydrogen-bond donors (Lipinski definition) is 3. The van der Waals surface area contributed by atoms with E-state index in [2.05, 4.69) is 35.5 Å². The molecule has 12 nitrogen and oxygen atoms in total. The molecule has 2 aliphatic rings. The molecule has 48 heavy (non-hydrogen) atoms. The Bertz CT molecular complexity index is 1710. The van der Waals surface area contributed by atoms with Crippen LogP contribution >= 0.6 is 11.6 Å². The van der Waals surface area contributed by atoms with Gasteiger partial charge < -0.3 is 30.9 Å². The molecule has 0 unspecified atom stereocenters. The number of anilines is 2. The second-order valence-electron chi connectivity index (χ2n) is 12.0. The number of nitrogens with zero attached hydrogens (tertiary/aromatic N) is 6. The van der Waals surface area contributed by atoms with Crippen molar-refractivity contribution in [2.24, 2.45) is 0 Å². The summed E-state index contributed by atoms with van der Waals surface area (Å²) in [5.41, 5.74) is 7.44. The molecule has 2 aromatic heterocycles. The zero-order valence-electron chi connectivity index (χ0n) is 26.5. The minimum atomic E-state index is -1.46. The SMILES string of the molecule is Nc1ncc(-c2cnn(C3CCN(CCCN4CCNCC4)CC3)c2)nc1C(=O)O[C@@H](C(=O)Nc1ccc(F)cc1)c1ccccc1Cl. The summed E-state index contributed by atoms with van der Waals surface area (Å²) in [6.45, 7) is 8.69. The zero-order chi connectivity index (χ0) is 33.5. The second kappa shape index (κ2) is 15.6. The number of nitrogens with one attached hydrogen (secondary N) is 2. The van der Waals surface area contributed by atoms with Crippen molar-refractivity contribution in [3.8, 4) is 11.3 Å². The number of carbonyl (C=O) groups excluding carboxylic acids is 2. The lowest BCUT2D eigenvalue weighted by molar-refractivity contribution is -0.125. The predicted molar refractivity (Wildman–Crippen MR) is 181 cm³/mol. The van der Waals surface area contributed by atoms with E-state index >= 15 is 0 Å². The largest absolute Gasteiger partial charge is 0.442 e. The number of carbonyl (C=O) groups is 2. The van der Waals surface area contributed by atoms with Crippen LogP contribution in [-0.2, 0) is 9.53 Å². The van der Waals surface area contributed by atoms with E-state index in [1.54, 1.807) is 30.5 Å². The van der Waals surface area contributed by atoms with Crippen molar-refractivity contribution >= 4 is 35.0 Å². The Kier molecular flexibility index (Phi) is 10.9. The van der Waals surface area contributed by atoms with Crippen LogP contribution in [0.25, 0.3) is 11.3 Å². The fourth-order valence-corrected chi connectivity index (χ4v) is 6.30. The van der Waals surface area contributed by atoms with E-state index in [1.165, 1.54) is 36.9 Å². The third kappa shape index (κ3) is 8.34. The van der Waals surface area contributed by atoms with Gasteiger partial charge in [0.2, 0.25) is 6.10 Å². The number of nitrogen functional groups attached to an aromatic ring is 1. The molecule has 0 radical (unpaired) electrons. The van der Waals surface area contributed by atoms with Crippen LogP contribution in [-0.4, -0.2) is 93.8 Å².